The summed E-state index contributed by atoms with van der Waals surface area (Å²) in [6, 6.07) is 0.856. The molecule has 0 radical (unpaired) electrons. The number of nitrogens with zero attached hydrogens (tertiary/aromatic N) is 2. The highest BCUT2D eigenvalue weighted by Crippen LogP contribution is 2.14. The molecule has 0 unspecified atom stereocenters. The number of nitrogens with one attached hydrogen (secondary N) is 1. The predicted molar refractivity (Wildman–Crippen MR) is 77.3 cm³/mol. The Morgan fingerprint density at radius 1 is 1.00 bits per heavy atom. The molecule has 0 aliphatic heterocycles. The van der Waals surface area contributed by atoms with Gasteiger partial charge < -0.3 is 5.32 Å². The number of hydrazine groups is 1. The van der Waals surface area contributed by atoms with E-state index < -0.39 is 0 Å². The van der Waals surface area contributed by atoms with Crippen molar-refractivity contribution in [1.82, 2.24) is 15.3 Å². The molecule has 4 nitrogen and oxygen atoms in total. The molecule has 0 heterocycles. The van der Waals surface area contributed by atoms with Crippen LogP contribution in [0.2, 0.25) is 0 Å². The topological polar surface area (TPSA) is 35.6 Å². The maximum atomic E-state index is 12.4. The lowest BCUT2D eigenvalue weighted by Gasteiger charge is -2.43. The van der Waals surface area contributed by atoms with E-state index in [1.165, 1.54) is 0 Å². The van der Waals surface area contributed by atoms with Crippen molar-refractivity contribution in [3.8, 4) is 0 Å². The monoisotopic (exact) mass is 257 g/mol. The van der Waals surface area contributed by atoms with Gasteiger partial charge in [0.25, 0.3) is 0 Å². The maximum Gasteiger partial charge on any atom is 0.238 e. The third-order valence-corrected chi connectivity index (χ3v) is 2.82. The van der Waals surface area contributed by atoms with E-state index in [1.54, 1.807) is 0 Å². The van der Waals surface area contributed by atoms with Crippen LogP contribution < -0.4 is 5.32 Å². The van der Waals surface area contributed by atoms with Crippen molar-refractivity contribution in [3.63, 3.8) is 0 Å². The molecule has 0 bridgehead atoms. The zero-order valence-electron chi connectivity index (χ0n) is 13.2. The fourth-order valence-electron chi connectivity index (χ4n) is 2.26. The van der Waals surface area contributed by atoms with Gasteiger partial charge in [-0.1, -0.05) is 6.92 Å². The average molecular weight is 257 g/mol. The lowest BCUT2D eigenvalue weighted by Crippen LogP contribution is -2.56. The molecule has 4 heteroatoms. The van der Waals surface area contributed by atoms with Gasteiger partial charge in [-0.25, -0.2) is 5.01 Å². The van der Waals surface area contributed by atoms with E-state index in [0.29, 0.717) is 18.5 Å². The van der Waals surface area contributed by atoms with Gasteiger partial charge in [0.05, 0.1) is 0 Å². The fourth-order valence-corrected chi connectivity index (χ4v) is 2.26. The summed E-state index contributed by atoms with van der Waals surface area (Å²) in [6.45, 7) is 16.4. The molecule has 0 saturated heterocycles. The van der Waals surface area contributed by atoms with Crippen LogP contribution in [0.1, 0.15) is 54.9 Å². The minimum absolute atomic E-state index is 0.198. The first-order chi connectivity index (χ1) is 8.32. The van der Waals surface area contributed by atoms with E-state index in [-0.39, 0.29) is 11.9 Å². The standard InChI is InChI=1S/C14H31N3O/c1-8-15-10-9-14(18)17(13(6)7)16(11(2)3)12(4)5/h11-13,15H,8-10H2,1-7H3. The van der Waals surface area contributed by atoms with Crippen molar-refractivity contribution in [1.29, 1.82) is 0 Å². The fraction of sp³-hybridized carbons (Fsp3) is 0.929. The third kappa shape index (κ3) is 5.36. The van der Waals surface area contributed by atoms with Gasteiger partial charge in [-0.15, -0.1) is 0 Å². The van der Waals surface area contributed by atoms with Crippen molar-refractivity contribution in [3.05, 3.63) is 0 Å². The quantitative estimate of drug-likeness (QED) is 0.535. The molecule has 0 rings (SSSR count). The lowest BCUT2D eigenvalue weighted by molar-refractivity contribution is -0.163. The van der Waals surface area contributed by atoms with Crippen molar-refractivity contribution in [2.75, 3.05) is 13.1 Å². The van der Waals surface area contributed by atoms with Crippen molar-refractivity contribution in [2.45, 2.75) is 73.0 Å². The third-order valence-electron chi connectivity index (χ3n) is 2.82. The summed E-state index contributed by atoms with van der Waals surface area (Å²) in [4.78, 5) is 12.4. The summed E-state index contributed by atoms with van der Waals surface area (Å²) in [6.07, 6.45) is 0.558. The first-order valence-corrected chi connectivity index (χ1v) is 7.13. The Labute approximate surface area is 113 Å². The zero-order valence-corrected chi connectivity index (χ0v) is 13.2. The smallest absolute Gasteiger partial charge is 0.238 e. The average Bonchev–Trinajstić information content (AvgIpc) is 2.24. The molecule has 0 atom stereocenters. The second-order valence-corrected chi connectivity index (χ2v) is 5.50. The summed E-state index contributed by atoms with van der Waals surface area (Å²) in [7, 11) is 0. The summed E-state index contributed by atoms with van der Waals surface area (Å²) >= 11 is 0. The van der Waals surface area contributed by atoms with E-state index in [0.717, 1.165) is 13.1 Å². The molecule has 1 amide bonds. The SMILES string of the molecule is CCNCCC(=O)N(C(C)C)N(C(C)C)C(C)C. The number of amides is 1. The molecule has 18 heavy (non-hydrogen) atoms. The minimum Gasteiger partial charge on any atom is -0.316 e. The number of hydrogen-bond acceptors (Lipinski definition) is 3. The Hall–Kier alpha value is -0.610. The molecule has 1 N–H and O–H groups in total. The second kappa shape index (κ2) is 8.48. The van der Waals surface area contributed by atoms with Gasteiger partial charge in [0, 0.05) is 31.1 Å². The van der Waals surface area contributed by atoms with Crippen LogP contribution in [0.15, 0.2) is 0 Å². The lowest BCUT2D eigenvalue weighted by atomic mass is 10.2. The Morgan fingerprint density at radius 3 is 1.83 bits per heavy atom. The van der Waals surface area contributed by atoms with E-state index in [4.69, 9.17) is 0 Å². The molecule has 0 saturated carbocycles. The van der Waals surface area contributed by atoms with Gasteiger partial charge in [-0.3, -0.25) is 9.80 Å². The summed E-state index contributed by atoms with van der Waals surface area (Å²) in [5.41, 5.74) is 0. The molecule has 0 fully saturated rings. The van der Waals surface area contributed by atoms with E-state index >= 15 is 0 Å². The van der Waals surface area contributed by atoms with E-state index in [9.17, 15) is 4.79 Å². The van der Waals surface area contributed by atoms with Gasteiger partial charge in [0.1, 0.15) is 0 Å². The molecule has 0 spiro atoms. The van der Waals surface area contributed by atoms with Gasteiger partial charge in [-0.2, -0.15) is 0 Å². The summed E-state index contributed by atoms with van der Waals surface area (Å²) in [5.74, 6) is 0.202. The number of carbonyl (C=O) groups is 1. The van der Waals surface area contributed by atoms with E-state index in [1.807, 2.05) is 5.01 Å². The van der Waals surface area contributed by atoms with Gasteiger partial charge in [0.2, 0.25) is 5.91 Å². The highest BCUT2D eigenvalue weighted by Gasteiger charge is 2.27. The summed E-state index contributed by atoms with van der Waals surface area (Å²) in [5, 5.41) is 7.31. The van der Waals surface area contributed by atoms with Crippen molar-refractivity contribution < 1.29 is 4.79 Å². The Balaban J connectivity index is 4.76. The molecule has 108 valence electrons. The van der Waals surface area contributed by atoms with Crippen LogP contribution in [0.4, 0.5) is 0 Å². The van der Waals surface area contributed by atoms with Crippen LogP contribution in [0.25, 0.3) is 0 Å². The van der Waals surface area contributed by atoms with Gasteiger partial charge in [0.15, 0.2) is 0 Å². The Morgan fingerprint density at radius 2 is 1.50 bits per heavy atom. The molecule has 0 aliphatic rings. The van der Waals surface area contributed by atoms with Crippen molar-refractivity contribution in [2.24, 2.45) is 0 Å². The number of hydrogen-bond donors (Lipinski definition) is 1. The Bertz CT molecular complexity index is 231. The molecule has 0 aliphatic carbocycles. The minimum atomic E-state index is 0.198. The molecule has 0 aromatic heterocycles. The highest BCUT2D eigenvalue weighted by molar-refractivity contribution is 5.76. The molecule has 0 aromatic carbocycles. The van der Waals surface area contributed by atoms with Crippen LogP contribution in [0.5, 0.6) is 0 Å². The largest absolute Gasteiger partial charge is 0.316 e. The molecular formula is C14H31N3O. The number of carbonyl (C=O) groups excluding carboxylic acids is 1. The van der Waals surface area contributed by atoms with Crippen LogP contribution in [0, 0.1) is 0 Å². The number of rotatable bonds is 8. The van der Waals surface area contributed by atoms with Crippen LogP contribution in [-0.4, -0.2) is 47.1 Å². The van der Waals surface area contributed by atoms with Gasteiger partial charge in [-0.05, 0) is 48.1 Å². The van der Waals surface area contributed by atoms with Gasteiger partial charge >= 0.3 is 0 Å². The highest BCUT2D eigenvalue weighted by atomic mass is 16.2. The first-order valence-electron chi connectivity index (χ1n) is 7.13. The van der Waals surface area contributed by atoms with E-state index in [2.05, 4.69) is 58.8 Å². The van der Waals surface area contributed by atoms with Crippen LogP contribution in [-0.2, 0) is 4.79 Å². The van der Waals surface area contributed by atoms with Crippen LogP contribution >= 0.6 is 0 Å². The maximum absolute atomic E-state index is 12.4. The van der Waals surface area contributed by atoms with Crippen LogP contribution in [0.3, 0.4) is 0 Å². The second-order valence-electron chi connectivity index (χ2n) is 5.50. The zero-order chi connectivity index (χ0) is 14.3. The first kappa shape index (κ1) is 17.4. The Kier molecular flexibility index (Phi) is 8.20. The van der Waals surface area contributed by atoms with Crippen molar-refractivity contribution >= 4 is 5.91 Å². The summed E-state index contributed by atoms with van der Waals surface area (Å²) < 4.78 is 0. The molecule has 0 aromatic rings. The normalized spacial score (nSPS) is 11.9. The molecular weight excluding hydrogens is 226 g/mol. The predicted octanol–water partition coefficient (Wildman–Crippen LogP) is 2.26.